The molecule has 8 rings (SSSR count). The Morgan fingerprint density at radius 1 is 0.333 bits per heavy atom. The summed E-state index contributed by atoms with van der Waals surface area (Å²) in [5.41, 5.74) is 11.1. The fraction of sp³-hybridized carbons (Fsp3) is 0.160. The zero-order valence-corrected chi connectivity index (χ0v) is 40.6. The summed E-state index contributed by atoms with van der Waals surface area (Å²) in [7, 11) is 0. The summed E-state index contributed by atoms with van der Waals surface area (Å²) in [4.78, 5) is 0. The average molecular weight is 1080 g/mol. The predicted molar refractivity (Wildman–Crippen MR) is 236 cm³/mol. The van der Waals surface area contributed by atoms with Crippen LogP contribution in [0.4, 0.5) is 0 Å². The molecule has 0 aromatic heterocycles. The Morgan fingerprint density at radius 3 is 0.722 bits per heavy atom. The van der Waals surface area contributed by atoms with Crippen LogP contribution in [0.15, 0.2) is 183 Å². The topological polar surface area (TPSA) is 0 Å². The van der Waals surface area contributed by atoms with Crippen LogP contribution in [0.1, 0.15) is 75.6 Å². The van der Waals surface area contributed by atoms with E-state index < -0.39 is 41.9 Å². The van der Waals surface area contributed by atoms with E-state index in [0.29, 0.717) is 0 Å². The summed E-state index contributed by atoms with van der Waals surface area (Å²) in [5.74, 6) is 0. The molecular formula is C50H50Cl2Hf2. The van der Waals surface area contributed by atoms with Crippen LogP contribution >= 0.6 is 24.8 Å². The van der Waals surface area contributed by atoms with Gasteiger partial charge in [0.1, 0.15) is 0 Å². The molecule has 4 aliphatic carbocycles. The van der Waals surface area contributed by atoms with E-state index in [0.717, 1.165) is 25.7 Å². The molecule has 4 aromatic carbocycles. The van der Waals surface area contributed by atoms with Gasteiger partial charge in [-0.1, -0.05) is 0 Å². The van der Waals surface area contributed by atoms with E-state index in [1.54, 1.807) is 19.8 Å². The summed E-state index contributed by atoms with van der Waals surface area (Å²) < 4.78 is 10.3. The monoisotopic (exact) mass is 1080 g/mol. The number of allylic oxidation sites excluding steroid dienone is 16. The Labute approximate surface area is 351 Å². The van der Waals surface area contributed by atoms with E-state index in [-0.39, 0.29) is 24.8 Å². The molecule has 0 bridgehead atoms. The van der Waals surface area contributed by atoms with Crippen molar-refractivity contribution < 1.29 is 41.9 Å². The Balaban J connectivity index is 0.000000200. The largest absolute Gasteiger partial charge is 0.147 e. The Bertz CT molecular complexity index is 1950. The van der Waals surface area contributed by atoms with Gasteiger partial charge in [0.15, 0.2) is 0 Å². The maximum Gasteiger partial charge on any atom is -0.147 e. The number of benzene rings is 4. The molecule has 0 saturated heterocycles. The van der Waals surface area contributed by atoms with Gasteiger partial charge >= 0.3 is 330 Å². The second kappa shape index (κ2) is 20.1. The van der Waals surface area contributed by atoms with E-state index in [4.69, 9.17) is 0 Å². The first-order chi connectivity index (χ1) is 25.4. The molecule has 0 heterocycles. The summed E-state index contributed by atoms with van der Waals surface area (Å²) in [6, 6.07) is 43.2. The molecule has 54 heavy (non-hydrogen) atoms. The molecule has 0 radical (unpaired) electrons. The van der Waals surface area contributed by atoms with Crippen molar-refractivity contribution in [2.75, 3.05) is 0 Å². The van der Waals surface area contributed by atoms with Crippen molar-refractivity contribution in [3.63, 3.8) is 0 Å². The fourth-order valence-corrected chi connectivity index (χ4v) is 28.7. The van der Waals surface area contributed by atoms with E-state index >= 15 is 0 Å². The smallest absolute Gasteiger partial charge is 0.147 e. The van der Waals surface area contributed by atoms with Gasteiger partial charge in [-0.2, -0.15) is 0 Å². The van der Waals surface area contributed by atoms with Crippen LogP contribution in [0.2, 0.25) is 0 Å². The zero-order chi connectivity index (χ0) is 35.9. The van der Waals surface area contributed by atoms with Gasteiger partial charge in [0.25, 0.3) is 0 Å². The molecule has 0 aliphatic heterocycles. The van der Waals surface area contributed by atoms with Crippen molar-refractivity contribution in [1.82, 2.24) is 0 Å². The van der Waals surface area contributed by atoms with Crippen molar-refractivity contribution in [2.24, 2.45) is 0 Å². The SMILES string of the molecule is C[C](C)=[Hf]([C]1=CC(c2ccccc2)=CC1)[C]1=CC(c2ccccc2)=CC1.C[C](C)=[Hf]([C]1=CC(c2ccccc2)=CC1)[C]1=CC(c2ccccc2)=CC1.Cl.Cl. The van der Waals surface area contributed by atoms with Crippen LogP contribution in [0.5, 0.6) is 0 Å². The minimum Gasteiger partial charge on any atom is -0.147 e. The van der Waals surface area contributed by atoms with Gasteiger partial charge in [0.05, 0.1) is 0 Å². The molecule has 0 spiro atoms. The minimum atomic E-state index is -2.08. The molecule has 4 aliphatic rings. The van der Waals surface area contributed by atoms with E-state index in [9.17, 15) is 0 Å². The molecule has 0 saturated carbocycles. The second-order valence-electron chi connectivity index (χ2n) is 14.3. The molecule has 272 valence electrons. The molecule has 0 unspecified atom stereocenters. The van der Waals surface area contributed by atoms with E-state index in [1.165, 1.54) is 44.5 Å². The standard InChI is InChI=1S/4C11H9.2C3H6.2ClH.2Hf/c4*1-2-6-10(7-3-1)11-8-4-5-9-11;2*1-3-2;;;;/h4*1-3,6-9H,4H2;2*1-2H3;2*1H;;. The van der Waals surface area contributed by atoms with Crippen LogP contribution in [0.3, 0.4) is 0 Å². The van der Waals surface area contributed by atoms with Gasteiger partial charge in [-0.15, -0.1) is 24.8 Å². The number of rotatable bonds is 8. The number of halogens is 2. The first-order valence-electron chi connectivity index (χ1n) is 18.7. The number of hydrogen-bond donors (Lipinski definition) is 0. The van der Waals surface area contributed by atoms with Crippen molar-refractivity contribution in [1.29, 1.82) is 0 Å². The summed E-state index contributed by atoms with van der Waals surface area (Å²) in [5, 5.41) is 0. The van der Waals surface area contributed by atoms with Gasteiger partial charge in [-0.25, -0.2) is 0 Å². The Morgan fingerprint density at radius 2 is 0.537 bits per heavy atom. The fourth-order valence-electron chi connectivity index (χ4n) is 7.82. The third-order valence-corrected chi connectivity index (χ3v) is 31.6. The molecule has 0 amide bonds. The van der Waals surface area contributed by atoms with E-state index in [1.807, 2.05) is 0 Å². The van der Waals surface area contributed by atoms with Crippen LogP contribution in [-0.4, -0.2) is 6.51 Å². The Hall–Kier alpha value is -3.14. The third kappa shape index (κ3) is 10.2. The van der Waals surface area contributed by atoms with Crippen molar-refractivity contribution in [3.8, 4) is 0 Å². The van der Waals surface area contributed by atoms with Crippen LogP contribution in [0, 0.1) is 0 Å². The number of hydrogen-bond acceptors (Lipinski definition) is 0. The molecule has 0 N–H and O–H groups in total. The quantitative estimate of drug-likeness (QED) is 0.154. The molecule has 0 nitrogen and oxygen atoms in total. The molecule has 0 fully saturated rings. The summed E-state index contributed by atoms with van der Waals surface area (Å²) >= 11 is -4.16. The van der Waals surface area contributed by atoms with Gasteiger partial charge < -0.3 is 0 Å². The minimum absolute atomic E-state index is 0. The van der Waals surface area contributed by atoms with Crippen molar-refractivity contribution in [3.05, 3.63) is 206 Å². The van der Waals surface area contributed by atoms with Crippen LogP contribution in [0.25, 0.3) is 22.3 Å². The third-order valence-electron chi connectivity index (χ3n) is 10.2. The maximum atomic E-state index is 2.51. The molecule has 0 atom stereocenters. The van der Waals surface area contributed by atoms with E-state index in [2.05, 4.69) is 198 Å². The molecule has 4 heteroatoms. The van der Waals surface area contributed by atoms with Crippen LogP contribution in [-0.2, 0) is 41.9 Å². The first-order valence-corrected chi connectivity index (χ1v) is 29.4. The van der Waals surface area contributed by atoms with Gasteiger partial charge in [0, 0.05) is 0 Å². The van der Waals surface area contributed by atoms with Crippen LogP contribution < -0.4 is 0 Å². The maximum absolute atomic E-state index is 2.51. The zero-order valence-electron chi connectivity index (χ0n) is 31.8. The molecular weight excluding hydrogens is 1030 g/mol. The van der Waals surface area contributed by atoms with Crippen molar-refractivity contribution >= 4 is 53.6 Å². The second-order valence-corrected chi connectivity index (χ2v) is 36.2. The van der Waals surface area contributed by atoms with Gasteiger partial charge in [0.2, 0.25) is 0 Å². The normalized spacial score (nSPS) is 15.3. The van der Waals surface area contributed by atoms with Gasteiger partial charge in [-0.05, 0) is 0 Å². The Kier molecular flexibility index (Phi) is 15.7. The predicted octanol–water partition coefficient (Wildman–Crippen LogP) is 14.0. The summed E-state index contributed by atoms with van der Waals surface area (Å²) in [6.45, 7) is 9.46. The summed E-state index contributed by atoms with van der Waals surface area (Å²) in [6.07, 6.45) is 24.3. The molecule has 4 aromatic rings. The average Bonchev–Trinajstić information content (AvgIpc) is 4.02. The first kappa shape index (κ1) is 42.0. The van der Waals surface area contributed by atoms with Gasteiger partial charge in [-0.3, -0.25) is 0 Å². The van der Waals surface area contributed by atoms with Crippen molar-refractivity contribution in [2.45, 2.75) is 53.4 Å².